The molecule has 0 bridgehead atoms. The average Bonchev–Trinajstić information content (AvgIpc) is 2.83. The summed E-state index contributed by atoms with van der Waals surface area (Å²) in [4.78, 5) is 13.4. The number of anilines is 1. The van der Waals surface area contributed by atoms with E-state index in [4.69, 9.17) is 4.74 Å². The third kappa shape index (κ3) is 6.59. The van der Waals surface area contributed by atoms with Crippen LogP contribution in [0.25, 0.3) is 10.8 Å². The number of aliphatic hydroxyl groups is 1. The van der Waals surface area contributed by atoms with Gasteiger partial charge < -0.3 is 15.2 Å². The molecule has 3 aromatic rings. The fourth-order valence-electron chi connectivity index (χ4n) is 4.04. The number of β-amino-alcohol motifs (C(OH)–C–C–N with tert-alkyl or cyclic N) is 1. The van der Waals surface area contributed by atoms with Crippen molar-refractivity contribution in [2.24, 2.45) is 0 Å². The minimum Gasteiger partial charge on any atom is -0.491 e. The Morgan fingerprint density at radius 3 is 2.37 bits per heavy atom. The predicted octanol–water partition coefficient (Wildman–Crippen LogP) is 3.31. The van der Waals surface area contributed by atoms with Gasteiger partial charge in [0.15, 0.2) is 0 Å². The lowest BCUT2D eigenvalue weighted by molar-refractivity contribution is -0.114. The first-order valence-corrected chi connectivity index (χ1v) is 13.5. The first-order valence-electron chi connectivity index (χ1n) is 11.3. The Bertz CT molecular complexity index is 1290. The van der Waals surface area contributed by atoms with E-state index in [2.05, 4.69) is 21.2 Å². The van der Waals surface area contributed by atoms with Crippen molar-refractivity contribution in [3.05, 3.63) is 65.1 Å². The van der Waals surface area contributed by atoms with Crippen LogP contribution in [0.2, 0.25) is 0 Å². The average molecular weight is 562 g/mol. The van der Waals surface area contributed by atoms with Crippen molar-refractivity contribution >= 4 is 48.3 Å². The van der Waals surface area contributed by atoms with Gasteiger partial charge in [-0.1, -0.05) is 28.1 Å². The highest BCUT2D eigenvalue weighted by atomic mass is 79.9. The summed E-state index contributed by atoms with van der Waals surface area (Å²) < 4.78 is 34.2. The SMILES string of the molecule is CC(=O)Nc1ccc(S(=O)(=O)N2CCN(C[C@@H](O)COc3ccc4cc(Br)ccc4c3)CC2)cc1. The fourth-order valence-corrected chi connectivity index (χ4v) is 5.84. The Hall–Kier alpha value is -2.50. The van der Waals surface area contributed by atoms with Crippen LogP contribution < -0.4 is 10.1 Å². The summed E-state index contributed by atoms with van der Waals surface area (Å²) in [6.45, 7) is 3.67. The number of ether oxygens (including phenoxy) is 1. The zero-order chi connectivity index (χ0) is 25.0. The molecule has 0 aliphatic carbocycles. The van der Waals surface area contributed by atoms with Gasteiger partial charge in [0.2, 0.25) is 15.9 Å². The number of hydrogen-bond donors (Lipinski definition) is 2. The number of aliphatic hydroxyl groups excluding tert-OH is 1. The van der Waals surface area contributed by atoms with Gasteiger partial charge in [-0.15, -0.1) is 0 Å². The van der Waals surface area contributed by atoms with Gasteiger partial charge in [0.05, 0.1) is 4.90 Å². The van der Waals surface area contributed by atoms with Crippen LogP contribution in [0.3, 0.4) is 0 Å². The van der Waals surface area contributed by atoms with Crippen LogP contribution in [0.1, 0.15) is 6.92 Å². The first kappa shape index (κ1) is 25.6. The number of amides is 1. The Morgan fingerprint density at radius 2 is 1.69 bits per heavy atom. The molecule has 2 N–H and O–H groups in total. The molecule has 1 fully saturated rings. The zero-order valence-corrected chi connectivity index (χ0v) is 21.8. The summed E-state index contributed by atoms with van der Waals surface area (Å²) in [5, 5.41) is 15.3. The number of carbonyl (C=O) groups excluding carboxylic acids is 1. The maximum absolute atomic E-state index is 13.0. The molecule has 0 aromatic heterocycles. The summed E-state index contributed by atoms with van der Waals surface area (Å²) in [6.07, 6.45) is -0.694. The maximum atomic E-state index is 13.0. The highest BCUT2D eigenvalue weighted by Crippen LogP contribution is 2.24. The molecule has 4 rings (SSSR count). The molecule has 0 radical (unpaired) electrons. The first-order chi connectivity index (χ1) is 16.7. The normalized spacial score (nSPS) is 16.2. The second kappa shape index (κ2) is 11.0. The number of fused-ring (bicyclic) bond motifs is 1. The van der Waals surface area contributed by atoms with E-state index in [1.807, 2.05) is 41.3 Å². The van der Waals surface area contributed by atoms with E-state index < -0.39 is 16.1 Å². The van der Waals surface area contributed by atoms with Crippen molar-refractivity contribution in [2.45, 2.75) is 17.9 Å². The van der Waals surface area contributed by atoms with E-state index in [0.29, 0.717) is 44.2 Å². The topological polar surface area (TPSA) is 99.2 Å². The standard InChI is InChI=1S/C25H28BrN3O5S/c1-18(30)27-22-5-8-25(9-6-22)35(32,33)29-12-10-28(11-13-29)16-23(31)17-34-24-7-3-19-14-21(26)4-2-20(19)15-24/h2-9,14-15,23,31H,10-13,16-17H2,1H3,(H,27,30)/t23-/m1/s1. The van der Waals surface area contributed by atoms with Crippen LogP contribution in [-0.4, -0.2) is 74.1 Å². The molecule has 1 amide bonds. The second-order valence-electron chi connectivity index (χ2n) is 8.53. The van der Waals surface area contributed by atoms with Crippen LogP contribution in [0.4, 0.5) is 5.69 Å². The van der Waals surface area contributed by atoms with E-state index in [1.165, 1.54) is 23.4 Å². The van der Waals surface area contributed by atoms with Crippen LogP contribution in [-0.2, 0) is 14.8 Å². The quantitative estimate of drug-likeness (QED) is 0.437. The lowest BCUT2D eigenvalue weighted by Gasteiger charge is -2.34. The number of hydrogen-bond acceptors (Lipinski definition) is 6. The minimum absolute atomic E-state index is 0.154. The number of sulfonamides is 1. The number of rotatable bonds is 8. The minimum atomic E-state index is -3.62. The second-order valence-corrected chi connectivity index (χ2v) is 11.4. The van der Waals surface area contributed by atoms with E-state index in [0.717, 1.165) is 15.2 Å². The highest BCUT2D eigenvalue weighted by Gasteiger charge is 2.29. The van der Waals surface area contributed by atoms with Crippen molar-refractivity contribution in [3.8, 4) is 5.75 Å². The van der Waals surface area contributed by atoms with Gasteiger partial charge in [-0.2, -0.15) is 4.31 Å². The van der Waals surface area contributed by atoms with Crippen molar-refractivity contribution in [2.75, 3.05) is 44.6 Å². The monoisotopic (exact) mass is 561 g/mol. The number of halogens is 1. The third-order valence-corrected chi connectivity index (χ3v) is 8.23. The molecule has 186 valence electrons. The van der Waals surface area contributed by atoms with Gasteiger partial charge >= 0.3 is 0 Å². The van der Waals surface area contributed by atoms with Gasteiger partial charge in [0, 0.05) is 49.8 Å². The summed E-state index contributed by atoms with van der Waals surface area (Å²) in [5.41, 5.74) is 0.550. The van der Waals surface area contributed by atoms with Crippen LogP contribution in [0.15, 0.2) is 70.0 Å². The Kier molecular flexibility index (Phi) is 8.08. The Labute approximate surface area is 213 Å². The summed E-state index contributed by atoms with van der Waals surface area (Å²) >= 11 is 3.47. The van der Waals surface area contributed by atoms with Crippen molar-refractivity contribution < 1.29 is 23.1 Å². The maximum Gasteiger partial charge on any atom is 0.243 e. The molecule has 3 aromatic carbocycles. The van der Waals surface area contributed by atoms with Crippen LogP contribution >= 0.6 is 15.9 Å². The van der Waals surface area contributed by atoms with E-state index >= 15 is 0 Å². The Morgan fingerprint density at radius 1 is 1.03 bits per heavy atom. The van der Waals surface area contributed by atoms with Crippen molar-refractivity contribution in [3.63, 3.8) is 0 Å². The van der Waals surface area contributed by atoms with E-state index in [9.17, 15) is 18.3 Å². The smallest absolute Gasteiger partial charge is 0.243 e. The zero-order valence-electron chi connectivity index (χ0n) is 19.4. The molecule has 1 heterocycles. The molecule has 0 spiro atoms. The van der Waals surface area contributed by atoms with E-state index in [-0.39, 0.29) is 17.4 Å². The molecule has 10 heteroatoms. The summed E-state index contributed by atoms with van der Waals surface area (Å²) in [7, 11) is -3.62. The van der Waals surface area contributed by atoms with Crippen LogP contribution in [0.5, 0.6) is 5.75 Å². The summed E-state index contributed by atoms with van der Waals surface area (Å²) in [6, 6.07) is 18.0. The van der Waals surface area contributed by atoms with E-state index in [1.54, 1.807) is 12.1 Å². The molecule has 0 saturated carbocycles. The molecular weight excluding hydrogens is 534 g/mol. The fraction of sp³-hybridized carbons (Fsp3) is 0.320. The lowest BCUT2D eigenvalue weighted by atomic mass is 10.1. The molecule has 35 heavy (non-hydrogen) atoms. The van der Waals surface area contributed by atoms with Gasteiger partial charge in [0.1, 0.15) is 18.5 Å². The number of nitrogens with zero attached hydrogens (tertiary/aromatic N) is 2. The van der Waals surface area contributed by atoms with Crippen molar-refractivity contribution in [1.82, 2.24) is 9.21 Å². The molecule has 1 aliphatic heterocycles. The summed E-state index contributed by atoms with van der Waals surface area (Å²) in [5.74, 6) is 0.481. The van der Waals surface area contributed by atoms with Crippen molar-refractivity contribution in [1.29, 1.82) is 0 Å². The third-order valence-electron chi connectivity index (χ3n) is 5.83. The number of piperazine rings is 1. The highest BCUT2D eigenvalue weighted by molar-refractivity contribution is 9.10. The number of benzene rings is 3. The molecule has 0 unspecified atom stereocenters. The lowest BCUT2D eigenvalue weighted by Crippen LogP contribution is -2.50. The number of nitrogens with one attached hydrogen (secondary N) is 1. The molecule has 8 nitrogen and oxygen atoms in total. The van der Waals surface area contributed by atoms with Gasteiger partial charge in [-0.3, -0.25) is 9.69 Å². The molecule has 1 aliphatic rings. The Balaban J connectivity index is 1.26. The van der Waals surface area contributed by atoms with Gasteiger partial charge in [-0.25, -0.2) is 8.42 Å². The van der Waals surface area contributed by atoms with Gasteiger partial charge in [0.25, 0.3) is 0 Å². The molecular formula is C25H28BrN3O5S. The van der Waals surface area contributed by atoms with Gasteiger partial charge in [-0.05, 0) is 59.3 Å². The molecule has 1 atom stereocenters. The molecule has 1 saturated heterocycles. The number of carbonyl (C=O) groups is 1. The predicted molar refractivity (Wildman–Crippen MR) is 139 cm³/mol. The largest absolute Gasteiger partial charge is 0.491 e. The van der Waals surface area contributed by atoms with Crippen LogP contribution in [0, 0.1) is 0 Å².